The number of aliphatic hydroxyl groups is 6. The second kappa shape index (κ2) is 10.9. The van der Waals surface area contributed by atoms with Crippen LogP contribution in [0.4, 0.5) is 0 Å². The minimum atomic E-state index is -2.04. The van der Waals surface area contributed by atoms with Crippen LogP contribution in [-0.4, -0.2) is 109 Å². The van der Waals surface area contributed by atoms with Gasteiger partial charge in [-0.05, 0) is 24.3 Å². The minimum absolute atomic E-state index is 0.00882. The smallest absolute Gasteiger partial charge is 0.229 e. The third-order valence-corrected chi connectivity index (χ3v) is 6.88. The van der Waals surface area contributed by atoms with E-state index < -0.39 is 79.7 Å². The van der Waals surface area contributed by atoms with Gasteiger partial charge in [-0.2, -0.15) is 0 Å². The van der Waals surface area contributed by atoms with Crippen molar-refractivity contribution in [1.29, 1.82) is 0 Å². The van der Waals surface area contributed by atoms with Gasteiger partial charge in [-0.15, -0.1) is 0 Å². The van der Waals surface area contributed by atoms with Gasteiger partial charge in [0, 0.05) is 23.8 Å². The molecule has 8 N–H and O–H groups in total. The van der Waals surface area contributed by atoms with E-state index >= 15 is 0 Å². The molecule has 0 aliphatic carbocycles. The van der Waals surface area contributed by atoms with E-state index in [9.17, 15) is 45.6 Å². The lowest BCUT2D eigenvalue weighted by atomic mass is 9.98. The van der Waals surface area contributed by atoms with Crippen LogP contribution >= 0.6 is 0 Å². The van der Waals surface area contributed by atoms with Crippen LogP contribution in [0.25, 0.3) is 22.3 Å². The number of aliphatic hydroxyl groups excluding tert-OH is 5. The number of aromatic hydroxyl groups is 2. The molecule has 0 bridgehead atoms. The van der Waals surface area contributed by atoms with Crippen LogP contribution in [0.1, 0.15) is 0 Å². The molecule has 0 saturated carbocycles. The number of rotatable bonds is 7. The Morgan fingerprint density at radius 3 is 2.35 bits per heavy atom. The third-order valence-electron chi connectivity index (χ3n) is 6.88. The number of ether oxygens (including phenoxy) is 4. The van der Waals surface area contributed by atoms with Gasteiger partial charge in [-0.3, -0.25) is 4.79 Å². The van der Waals surface area contributed by atoms with Crippen LogP contribution in [0.5, 0.6) is 17.2 Å². The van der Waals surface area contributed by atoms with Crippen LogP contribution in [-0.2, 0) is 14.2 Å². The number of benzene rings is 2. The molecule has 2 aliphatic heterocycles. The third kappa shape index (κ3) is 5.12. The normalized spacial score (nSPS) is 32.4. The summed E-state index contributed by atoms with van der Waals surface area (Å²) in [6.45, 7) is -2.06. The zero-order valence-corrected chi connectivity index (χ0v) is 20.7. The number of phenolic OH excluding ortho intramolecular Hbond substituents is 2. The lowest BCUT2D eigenvalue weighted by Crippen LogP contribution is -2.62. The molecule has 8 atom stereocenters. The Bertz CT molecular complexity index is 1410. The summed E-state index contributed by atoms with van der Waals surface area (Å²) in [5.74, 6) is -0.496. The van der Waals surface area contributed by atoms with Gasteiger partial charge in [0.05, 0.1) is 19.8 Å². The van der Waals surface area contributed by atoms with E-state index in [1.165, 1.54) is 36.4 Å². The summed E-state index contributed by atoms with van der Waals surface area (Å²) in [6.07, 6.45) is -11.2. The standard InChI is InChI=1S/C26H28O14/c27-8-18-20(32)21(33)22(40-25-23(34)26(35,9-28)10-36-25)24(39-18)37-13-5-14(30)19-15(31)7-16(38-17(19)6-13)11-1-3-12(29)4-2-11/h1-7,18,20-25,27-30,32-35H,8-10H2/t18-,20-,21+,22?,23-,24-,25+,26-/m1/s1. The van der Waals surface area contributed by atoms with E-state index in [0.717, 1.165) is 6.07 Å². The van der Waals surface area contributed by atoms with Crippen LogP contribution in [0.2, 0.25) is 0 Å². The van der Waals surface area contributed by atoms with Crippen molar-refractivity contribution >= 4 is 11.0 Å². The van der Waals surface area contributed by atoms with E-state index in [4.69, 9.17) is 23.4 Å². The fourth-order valence-electron chi connectivity index (χ4n) is 4.57. The molecule has 1 aromatic heterocycles. The molecule has 2 fully saturated rings. The predicted octanol–water partition coefficient (Wildman–Crippen LogP) is -1.49. The molecule has 14 nitrogen and oxygen atoms in total. The molecule has 2 aliphatic rings. The number of hydrogen-bond donors (Lipinski definition) is 8. The van der Waals surface area contributed by atoms with Crippen LogP contribution in [0.15, 0.2) is 51.7 Å². The van der Waals surface area contributed by atoms with Crippen molar-refractivity contribution in [3.63, 3.8) is 0 Å². The molecular formula is C26H28O14. The first-order valence-electron chi connectivity index (χ1n) is 12.2. The Morgan fingerprint density at radius 1 is 0.975 bits per heavy atom. The van der Waals surface area contributed by atoms with Crippen molar-refractivity contribution in [2.75, 3.05) is 19.8 Å². The largest absolute Gasteiger partial charge is 0.508 e. The van der Waals surface area contributed by atoms with Gasteiger partial charge in [0.15, 0.2) is 17.8 Å². The van der Waals surface area contributed by atoms with Gasteiger partial charge in [0.25, 0.3) is 0 Å². The minimum Gasteiger partial charge on any atom is -0.508 e. The van der Waals surface area contributed by atoms with E-state index in [0.29, 0.717) is 5.56 Å². The summed E-state index contributed by atoms with van der Waals surface area (Å²) < 4.78 is 28.0. The topological polar surface area (TPSA) is 229 Å². The molecular weight excluding hydrogens is 536 g/mol. The van der Waals surface area contributed by atoms with Crippen molar-refractivity contribution in [3.05, 3.63) is 52.7 Å². The highest BCUT2D eigenvalue weighted by Gasteiger charge is 2.53. The number of hydrogen-bond acceptors (Lipinski definition) is 14. The molecule has 14 heteroatoms. The summed E-state index contributed by atoms with van der Waals surface area (Å²) in [5.41, 5.74) is -2.22. The molecule has 2 aromatic carbocycles. The lowest BCUT2D eigenvalue weighted by molar-refractivity contribution is -0.318. The summed E-state index contributed by atoms with van der Waals surface area (Å²) >= 11 is 0. The molecule has 5 rings (SSSR count). The summed E-state index contributed by atoms with van der Waals surface area (Å²) in [6, 6.07) is 9.37. The molecule has 216 valence electrons. The predicted molar refractivity (Wildman–Crippen MR) is 132 cm³/mol. The Hall–Kier alpha value is -3.31. The number of fused-ring (bicyclic) bond motifs is 1. The highest BCUT2D eigenvalue weighted by Crippen LogP contribution is 2.35. The van der Waals surface area contributed by atoms with E-state index in [1.807, 2.05) is 0 Å². The van der Waals surface area contributed by atoms with Crippen LogP contribution in [0.3, 0.4) is 0 Å². The summed E-state index contributed by atoms with van der Waals surface area (Å²) in [4.78, 5) is 12.8. The zero-order valence-electron chi connectivity index (χ0n) is 20.7. The molecule has 0 spiro atoms. The first-order valence-corrected chi connectivity index (χ1v) is 12.2. The summed E-state index contributed by atoms with van der Waals surface area (Å²) in [5, 5.41) is 80.7. The Kier molecular flexibility index (Phi) is 7.71. The molecule has 2 saturated heterocycles. The molecule has 1 unspecified atom stereocenters. The quantitative estimate of drug-likeness (QED) is 0.164. The second-order valence-electron chi connectivity index (χ2n) is 9.65. The monoisotopic (exact) mass is 564 g/mol. The van der Waals surface area contributed by atoms with Gasteiger partial charge in [-0.1, -0.05) is 0 Å². The van der Waals surface area contributed by atoms with E-state index in [1.54, 1.807) is 0 Å². The molecule has 3 aromatic rings. The van der Waals surface area contributed by atoms with Gasteiger partial charge in [0.1, 0.15) is 64.0 Å². The van der Waals surface area contributed by atoms with Crippen molar-refractivity contribution in [1.82, 2.24) is 0 Å². The van der Waals surface area contributed by atoms with Crippen LogP contribution in [0, 0.1) is 0 Å². The summed E-state index contributed by atoms with van der Waals surface area (Å²) in [7, 11) is 0. The Morgan fingerprint density at radius 2 is 1.70 bits per heavy atom. The SMILES string of the molecule is O=c1cc(-c2ccc(O)cc2)oc2cc(O[C@@H]3O[C@H](CO)[C@@H](O)[C@H](O)C3O[C@@H]3OC[C@](O)(CO)[C@@H]3O)cc(O)c12. The van der Waals surface area contributed by atoms with Gasteiger partial charge in [-0.25, -0.2) is 0 Å². The average Bonchev–Trinajstić information content (AvgIpc) is 3.21. The fourth-order valence-corrected chi connectivity index (χ4v) is 4.57. The maximum absolute atomic E-state index is 12.8. The molecule has 40 heavy (non-hydrogen) atoms. The average molecular weight is 564 g/mol. The molecule has 0 amide bonds. The fraction of sp³-hybridized carbons (Fsp3) is 0.423. The van der Waals surface area contributed by atoms with Crippen molar-refractivity contribution < 1.29 is 64.2 Å². The highest BCUT2D eigenvalue weighted by atomic mass is 16.8. The Balaban J connectivity index is 1.47. The number of phenols is 2. The molecule has 0 radical (unpaired) electrons. The van der Waals surface area contributed by atoms with Gasteiger partial charge in [0.2, 0.25) is 6.29 Å². The lowest BCUT2D eigenvalue weighted by Gasteiger charge is -2.42. The van der Waals surface area contributed by atoms with E-state index in [-0.39, 0.29) is 28.2 Å². The second-order valence-corrected chi connectivity index (χ2v) is 9.65. The highest BCUT2D eigenvalue weighted by molar-refractivity contribution is 5.86. The first-order chi connectivity index (χ1) is 19.0. The maximum Gasteiger partial charge on any atom is 0.229 e. The molecule has 3 heterocycles. The van der Waals surface area contributed by atoms with E-state index in [2.05, 4.69) is 0 Å². The van der Waals surface area contributed by atoms with Crippen molar-refractivity contribution in [3.8, 4) is 28.6 Å². The van der Waals surface area contributed by atoms with Crippen molar-refractivity contribution in [2.24, 2.45) is 0 Å². The maximum atomic E-state index is 12.8. The van der Waals surface area contributed by atoms with Gasteiger partial charge < -0.3 is 64.2 Å². The Labute approximate surface area is 225 Å². The zero-order chi connectivity index (χ0) is 28.8. The first kappa shape index (κ1) is 28.2. The van der Waals surface area contributed by atoms with Gasteiger partial charge >= 0.3 is 0 Å². The van der Waals surface area contributed by atoms with Crippen LogP contribution < -0.4 is 10.2 Å². The van der Waals surface area contributed by atoms with Crippen molar-refractivity contribution in [2.45, 2.75) is 48.7 Å².